The van der Waals surface area contributed by atoms with Crippen molar-refractivity contribution >= 4 is 37.6 Å². The van der Waals surface area contributed by atoms with Crippen molar-refractivity contribution in [3.63, 3.8) is 0 Å². The number of rotatable bonds is 3. The summed E-state index contributed by atoms with van der Waals surface area (Å²) >= 11 is 9.36. The summed E-state index contributed by atoms with van der Waals surface area (Å²) in [6, 6.07) is 6.56. The van der Waals surface area contributed by atoms with Crippen LogP contribution in [0.2, 0.25) is 0 Å². The quantitative estimate of drug-likeness (QED) is 0.850. The van der Waals surface area contributed by atoms with Crippen LogP contribution in [0.25, 0.3) is 0 Å². The van der Waals surface area contributed by atoms with Gasteiger partial charge in [-0.05, 0) is 30.0 Å². The summed E-state index contributed by atoms with van der Waals surface area (Å²) in [6.07, 6.45) is 0.668. The van der Waals surface area contributed by atoms with Crippen molar-refractivity contribution in [2.75, 3.05) is 0 Å². The minimum Gasteiger partial charge on any atom is -0.207 e. The van der Waals surface area contributed by atoms with Gasteiger partial charge in [0.15, 0.2) is 0 Å². The maximum Gasteiger partial charge on any atom is 0.240 e. The zero-order chi connectivity index (χ0) is 13.6. The molecule has 3 nitrogen and oxygen atoms in total. The molecule has 0 saturated heterocycles. The molecule has 18 heavy (non-hydrogen) atoms. The third-order valence-electron chi connectivity index (χ3n) is 3.55. The van der Waals surface area contributed by atoms with Crippen LogP contribution in [0, 0.1) is 5.41 Å². The first kappa shape index (κ1) is 14.3. The Hall–Kier alpha value is -0.100. The van der Waals surface area contributed by atoms with Crippen LogP contribution in [-0.4, -0.2) is 19.8 Å². The van der Waals surface area contributed by atoms with Crippen LogP contribution in [-0.2, 0) is 10.0 Å². The second-order valence-electron chi connectivity index (χ2n) is 5.16. The van der Waals surface area contributed by atoms with Gasteiger partial charge in [0.1, 0.15) is 0 Å². The number of alkyl halides is 1. The highest BCUT2D eigenvalue weighted by Gasteiger charge is 2.48. The third kappa shape index (κ3) is 2.59. The molecule has 100 valence electrons. The lowest BCUT2D eigenvalue weighted by Gasteiger charge is -2.48. The van der Waals surface area contributed by atoms with Gasteiger partial charge in [-0.3, -0.25) is 0 Å². The number of hydrogen-bond donors (Lipinski definition) is 1. The topological polar surface area (TPSA) is 46.2 Å². The van der Waals surface area contributed by atoms with E-state index in [0.717, 1.165) is 4.47 Å². The van der Waals surface area contributed by atoms with E-state index in [-0.39, 0.29) is 21.7 Å². The Kier molecular flexibility index (Phi) is 3.80. The molecule has 1 aromatic carbocycles. The minimum atomic E-state index is -3.48. The molecule has 0 aliphatic heterocycles. The molecule has 6 heteroatoms. The highest BCUT2D eigenvalue weighted by molar-refractivity contribution is 9.10. The maximum absolute atomic E-state index is 12.2. The van der Waals surface area contributed by atoms with E-state index in [9.17, 15) is 8.42 Å². The molecular formula is C12H15BrClNO2S. The Labute approximate surface area is 121 Å². The van der Waals surface area contributed by atoms with Crippen LogP contribution in [0.5, 0.6) is 0 Å². The molecule has 1 fully saturated rings. The molecular weight excluding hydrogens is 338 g/mol. The molecule has 0 spiro atoms. The predicted octanol–water partition coefficient (Wildman–Crippen LogP) is 3.13. The molecule has 1 N–H and O–H groups in total. The van der Waals surface area contributed by atoms with Gasteiger partial charge in [-0.1, -0.05) is 35.8 Å². The lowest BCUT2D eigenvalue weighted by atomic mass is 9.67. The van der Waals surface area contributed by atoms with Gasteiger partial charge in [0.25, 0.3) is 0 Å². The predicted molar refractivity (Wildman–Crippen MR) is 76.3 cm³/mol. The Morgan fingerprint density at radius 2 is 2.11 bits per heavy atom. The first-order valence-electron chi connectivity index (χ1n) is 5.65. The number of hydrogen-bond acceptors (Lipinski definition) is 2. The summed E-state index contributed by atoms with van der Waals surface area (Å²) in [4.78, 5) is 0.269. The van der Waals surface area contributed by atoms with Crippen molar-refractivity contribution in [3.8, 4) is 0 Å². The van der Waals surface area contributed by atoms with E-state index in [4.69, 9.17) is 11.6 Å². The molecule has 0 heterocycles. The van der Waals surface area contributed by atoms with E-state index < -0.39 is 10.0 Å². The Morgan fingerprint density at radius 1 is 1.44 bits per heavy atom. The molecule has 1 saturated carbocycles. The monoisotopic (exact) mass is 351 g/mol. The van der Waals surface area contributed by atoms with Crippen LogP contribution >= 0.6 is 27.5 Å². The van der Waals surface area contributed by atoms with E-state index in [2.05, 4.69) is 20.7 Å². The zero-order valence-corrected chi connectivity index (χ0v) is 13.3. The highest BCUT2D eigenvalue weighted by Crippen LogP contribution is 2.44. The van der Waals surface area contributed by atoms with Gasteiger partial charge >= 0.3 is 0 Å². The summed E-state index contributed by atoms with van der Waals surface area (Å²) in [5.74, 6) is 0. The van der Waals surface area contributed by atoms with Crippen LogP contribution < -0.4 is 4.72 Å². The van der Waals surface area contributed by atoms with Gasteiger partial charge in [0.2, 0.25) is 10.0 Å². The molecule has 2 atom stereocenters. The van der Waals surface area contributed by atoms with Crippen molar-refractivity contribution in [1.29, 1.82) is 0 Å². The molecule has 1 aliphatic rings. The van der Waals surface area contributed by atoms with Crippen molar-refractivity contribution < 1.29 is 8.42 Å². The van der Waals surface area contributed by atoms with E-state index >= 15 is 0 Å². The Morgan fingerprint density at radius 3 is 2.61 bits per heavy atom. The largest absolute Gasteiger partial charge is 0.240 e. The summed E-state index contributed by atoms with van der Waals surface area (Å²) < 4.78 is 27.9. The average Bonchev–Trinajstić information content (AvgIpc) is 2.28. The van der Waals surface area contributed by atoms with Gasteiger partial charge in [-0.2, -0.15) is 0 Å². The minimum absolute atomic E-state index is 0.0210. The van der Waals surface area contributed by atoms with Crippen LogP contribution in [0.1, 0.15) is 20.3 Å². The molecule has 0 radical (unpaired) electrons. The molecule has 0 aromatic heterocycles. The Bertz CT molecular complexity index is 559. The summed E-state index contributed by atoms with van der Waals surface area (Å²) in [5.41, 5.74) is -0.208. The van der Waals surface area contributed by atoms with Crippen molar-refractivity contribution in [1.82, 2.24) is 4.72 Å². The fourth-order valence-corrected chi connectivity index (χ4v) is 4.29. The van der Waals surface area contributed by atoms with Gasteiger partial charge in [0, 0.05) is 15.9 Å². The normalized spacial score (nSPS) is 26.7. The van der Waals surface area contributed by atoms with Crippen molar-refractivity contribution in [3.05, 3.63) is 28.7 Å². The standard InChI is InChI=1S/C12H15BrClNO2S/c1-12(2)10(14)7-11(12)15-18(16,17)9-5-3-4-8(13)6-9/h3-6,10-11,15H,7H2,1-2H3. The maximum atomic E-state index is 12.2. The highest BCUT2D eigenvalue weighted by atomic mass is 79.9. The SMILES string of the molecule is CC1(C)C(Cl)CC1NS(=O)(=O)c1cccc(Br)c1. The van der Waals surface area contributed by atoms with E-state index in [1.54, 1.807) is 24.3 Å². The van der Waals surface area contributed by atoms with E-state index in [1.807, 2.05) is 13.8 Å². The summed E-state index contributed by atoms with van der Waals surface area (Å²) in [5, 5.41) is 0.0210. The fourth-order valence-electron chi connectivity index (χ4n) is 1.96. The van der Waals surface area contributed by atoms with Crippen LogP contribution in [0.4, 0.5) is 0 Å². The van der Waals surface area contributed by atoms with Crippen LogP contribution in [0.3, 0.4) is 0 Å². The van der Waals surface area contributed by atoms with Gasteiger partial charge in [-0.25, -0.2) is 13.1 Å². The zero-order valence-electron chi connectivity index (χ0n) is 10.2. The van der Waals surface area contributed by atoms with Gasteiger partial charge in [-0.15, -0.1) is 11.6 Å². The van der Waals surface area contributed by atoms with Crippen molar-refractivity contribution in [2.45, 2.75) is 36.6 Å². The average molecular weight is 353 g/mol. The molecule has 2 rings (SSSR count). The fraction of sp³-hybridized carbons (Fsp3) is 0.500. The summed E-state index contributed by atoms with van der Waals surface area (Å²) in [7, 11) is -3.48. The molecule has 1 aliphatic carbocycles. The first-order chi connectivity index (χ1) is 8.23. The number of benzene rings is 1. The number of sulfonamides is 1. The van der Waals surface area contributed by atoms with Crippen LogP contribution in [0.15, 0.2) is 33.6 Å². The smallest absolute Gasteiger partial charge is 0.207 e. The van der Waals surface area contributed by atoms with E-state index in [1.165, 1.54) is 0 Å². The van der Waals surface area contributed by atoms with Gasteiger partial charge < -0.3 is 0 Å². The lowest BCUT2D eigenvalue weighted by molar-refractivity contribution is 0.137. The van der Waals surface area contributed by atoms with E-state index in [0.29, 0.717) is 6.42 Å². The number of halogens is 2. The lowest BCUT2D eigenvalue weighted by Crippen LogP contribution is -2.59. The second-order valence-corrected chi connectivity index (χ2v) is 8.31. The molecule has 0 bridgehead atoms. The number of nitrogens with one attached hydrogen (secondary N) is 1. The first-order valence-corrected chi connectivity index (χ1v) is 8.37. The third-order valence-corrected chi connectivity index (χ3v) is 6.26. The van der Waals surface area contributed by atoms with Crippen molar-refractivity contribution in [2.24, 2.45) is 5.41 Å². The molecule has 1 aromatic rings. The second kappa shape index (κ2) is 4.78. The Balaban J connectivity index is 2.19. The molecule has 2 unspecified atom stereocenters. The van der Waals surface area contributed by atoms with Gasteiger partial charge in [0.05, 0.1) is 4.90 Å². The summed E-state index contributed by atoms with van der Waals surface area (Å²) in [6.45, 7) is 3.95. The molecule has 0 amide bonds.